The molecule has 22 heavy (non-hydrogen) atoms. The van der Waals surface area contributed by atoms with Crippen molar-refractivity contribution in [3.63, 3.8) is 0 Å². The zero-order valence-electron chi connectivity index (χ0n) is 13.5. The normalized spacial score (nSPS) is 15.5. The van der Waals surface area contributed by atoms with E-state index in [0.29, 0.717) is 5.58 Å². The topological polar surface area (TPSA) is 37.9 Å². The van der Waals surface area contributed by atoms with Gasteiger partial charge in [0.05, 0.1) is 18.8 Å². The summed E-state index contributed by atoms with van der Waals surface area (Å²) in [7, 11) is 0. The van der Waals surface area contributed by atoms with Gasteiger partial charge in [-0.1, -0.05) is 12.1 Å². The number of nitrogens with zero attached hydrogens (tertiary/aromatic N) is 1. The van der Waals surface area contributed by atoms with Crippen molar-refractivity contribution in [3.8, 4) is 0 Å². The number of fused-ring (bicyclic) bond motifs is 1. The molecule has 0 saturated carbocycles. The number of para-hydroxylation sites is 1. The van der Waals surface area contributed by atoms with Crippen LogP contribution in [-0.4, -0.2) is 26.2 Å². The van der Waals surface area contributed by atoms with Crippen LogP contribution in [0.5, 0.6) is 0 Å². The Balaban J connectivity index is 2.17. The maximum absolute atomic E-state index is 12.6. The molecule has 0 bridgehead atoms. The van der Waals surface area contributed by atoms with Gasteiger partial charge < -0.3 is 14.2 Å². The van der Waals surface area contributed by atoms with E-state index in [1.807, 2.05) is 18.2 Å². The molecule has 4 heteroatoms. The first-order chi connectivity index (χ1) is 10.7. The second-order valence-electron chi connectivity index (χ2n) is 6.02. The molecule has 2 aromatic rings. The standard InChI is InChI=1S/C18H24N2O2/c1-3-20(4-2)17-14-9-5-6-10-16(14)22-18(21)15(17)13-19-11-7-8-12-19/h5-6,9-10H,3-4,7-8,11-13H2,1-2H3/p+1. The zero-order valence-corrected chi connectivity index (χ0v) is 13.5. The van der Waals surface area contributed by atoms with Crippen molar-refractivity contribution < 1.29 is 9.32 Å². The summed E-state index contributed by atoms with van der Waals surface area (Å²) in [5.74, 6) is 0. The van der Waals surface area contributed by atoms with Gasteiger partial charge in [-0.3, -0.25) is 0 Å². The fraction of sp³-hybridized carbons (Fsp3) is 0.500. The minimum Gasteiger partial charge on any atom is -0.422 e. The molecule has 0 radical (unpaired) electrons. The molecule has 0 aliphatic carbocycles. The SMILES string of the molecule is CCN(CC)c1c(C[NH+]2CCCC2)c(=O)oc2ccccc12. The van der Waals surface area contributed by atoms with Gasteiger partial charge in [-0.25, -0.2) is 4.79 Å². The predicted molar refractivity (Wildman–Crippen MR) is 89.7 cm³/mol. The molecule has 1 fully saturated rings. The molecule has 118 valence electrons. The summed E-state index contributed by atoms with van der Waals surface area (Å²) in [6.07, 6.45) is 2.52. The summed E-state index contributed by atoms with van der Waals surface area (Å²) in [4.78, 5) is 16.3. The minimum atomic E-state index is -0.167. The summed E-state index contributed by atoms with van der Waals surface area (Å²) in [6, 6.07) is 7.88. The molecule has 1 aromatic heterocycles. The Morgan fingerprint density at radius 1 is 1.14 bits per heavy atom. The molecule has 1 saturated heterocycles. The van der Waals surface area contributed by atoms with Gasteiger partial charge >= 0.3 is 5.63 Å². The van der Waals surface area contributed by atoms with Gasteiger partial charge in [0.25, 0.3) is 0 Å². The van der Waals surface area contributed by atoms with Crippen LogP contribution in [0.3, 0.4) is 0 Å². The van der Waals surface area contributed by atoms with Crippen molar-refractivity contribution in [1.29, 1.82) is 0 Å². The van der Waals surface area contributed by atoms with Crippen LogP contribution in [0.25, 0.3) is 11.0 Å². The van der Waals surface area contributed by atoms with Crippen molar-refractivity contribution in [1.82, 2.24) is 0 Å². The first-order valence-corrected chi connectivity index (χ1v) is 8.37. The van der Waals surface area contributed by atoms with E-state index in [4.69, 9.17) is 4.42 Å². The molecule has 2 heterocycles. The van der Waals surface area contributed by atoms with E-state index in [-0.39, 0.29) is 5.63 Å². The number of hydrogen-bond donors (Lipinski definition) is 1. The van der Waals surface area contributed by atoms with E-state index < -0.39 is 0 Å². The van der Waals surface area contributed by atoms with E-state index in [9.17, 15) is 4.79 Å². The molecule has 4 nitrogen and oxygen atoms in total. The van der Waals surface area contributed by atoms with Crippen LogP contribution in [0.1, 0.15) is 32.3 Å². The molecule has 1 N–H and O–H groups in total. The molecule has 0 atom stereocenters. The van der Waals surface area contributed by atoms with Gasteiger partial charge in [0.2, 0.25) is 0 Å². The Bertz CT molecular complexity index is 698. The number of benzene rings is 1. The van der Waals surface area contributed by atoms with Crippen LogP contribution in [0.15, 0.2) is 33.5 Å². The van der Waals surface area contributed by atoms with E-state index in [1.165, 1.54) is 17.7 Å². The first kappa shape index (κ1) is 15.1. The van der Waals surface area contributed by atoms with Crippen molar-refractivity contribution in [2.45, 2.75) is 33.2 Å². The van der Waals surface area contributed by atoms with Gasteiger partial charge in [-0.2, -0.15) is 0 Å². The van der Waals surface area contributed by atoms with Crippen LogP contribution in [0.2, 0.25) is 0 Å². The second kappa shape index (κ2) is 6.53. The summed E-state index contributed by atoms with van der Waals surface area (Å²) >= 11 is 0. The number of quaternary nitrogens is 1. The van der Waals surface area contributed by atoms with Crippen LogP contribution in [-0.2, 0) is 6.54 Å². The minimum absolute atomic E-state index is 0.167. The first-order valence-electron chi connectivity index (χ1n) is 8.37. The summed E-state index contributed by atoms with van der Waals surface area (Å²) in [5.41, 5.74) is 2.45. The lowest BCUT2D eigenvalue weighted by atomic mass is 10.1. The van der Waals surface area contributed by atoms with Crippen LogP contribution in [0.4, 0.5) is 5.69 Å². The number of nitrogens with one attached hydrogen (secondary N) is 1. The van der Waals surface area contributed by atoms with Gasteiger partial charge in [-0.15, -0.1) is 0 Å². The van der Waals surface area contributed by atoms with Gasteiger partial charge in [0, 0.05) is 31.3 Å². The monoisotopic (exact) mass is 301 g/mol. The van der Waals surface area contributed by atoms with Gasteiger partial charge in [0.15, 0.2) is 0 Å². The highest BCUT2D eigenvalue weighted by atomic mass is 16.4. The lowest BCUT2D eigenvalue weighted by molar-refractivity contribution is -0.901. The van der Waals surface area contributed by atoms with E-state index in [0.717, 1.165) is 49.4 Å². The van der Waals surface area contributed by atoms with Crippen molar-refractivity contribution in [2.24, 2.45) is 0 Å². The molecule has 0 unspecified atom stereocenters. The van der Waals surface area contributed by atoms with Crippen molar-refractivity contribution >= 4 is 16.7 Å². The summed E-state index contributed by atoms with van der Waals surface area (Å²) < 4.78 is 5.59. The van der Waals surface area contributed by atoms with Crippen molar-refractivity contribution in [2.75, 3.05) is 31.1 Å². The number of anilines is 1. The average Bonchev–Trinajstić information content (AvgIpc) is 3.04. The lowest BCUT2D eigenvalue weighted by Crippen LogP contribution is -3.08. The van der Waals surface area contributed by atoms with E-state index >= 15 is 0 Å². The van der Waals surface area contributed by atoms with Gasteiger partial charge in [-0.05, 0) is 26.0 Å². The quantitative estimate of drug-likeness (QED) is 0.856. The van der Waals surface area contributed by atoms with E-state index in [1.54, 1.807) is 0 Å². The third kappa shape index (κ3) is 2.75. The highest BCUT2D eigenvalue weighted by Crippen LogP contribution is 2.28. The molecular formula is C18H25N2O2+. The predicted octanol–water partition coefficient (Wildman–Crippen LogP) is 1.82. The maximum atomic E-state index is 12.6. The molecule has 0 amide bonds. The smallest absolute Gasteiger partial charge is 0.347 e. The maximum Gasteiger partial charge on any atom is 0.347 e. The summed E-state index contributed by atoms with van der Waals surface area (Å²) in [5, 5.41) is 1.05. The van der Waals surface area contributed by atoms with E-state index in [2.05, 4.69) is 24.8 Å². The molecule has 1 aromatic carbocycles. The molecule has 1 aliphatic rings. The highest BCUT2D eigenvalue weighted by molar-refractivity contribution is 5.91. The Kier molecular flexibility index (Phi) is 4.48. The van der Waals surface area contributed by atoms with Crippen LogP contribution in [0, 0.1) is 0 Å². The van der Waals surface area contributed by atoms with Gasteiger partial charge in [0.1, 0.15) is 17.7 Å². The number of likely N-dealkylation sites (tertiary alicyclic amines) is 1. The Morgan fingerprint density at radius 2 is 1.82 bits per heavy atom. The highest BCUT2D eigenvalue weighted by Gasteiger charge is 2.24. The third-order valence-electron chi connectivity index (χ3n) is 4.69. The summed E-state index contributed by atoms with van der Waals surface area (Å²) in [6.45, 7) is 9.16. The lowest BCUT2D eigenvalue weighted by Gasteiger charge is -2.25. The van der Waals surface area contributed by atoms with Crippen molar-refractivity contribution in [3.05, 3.63) is 40.2 Å². The molecule has 1 aliphatic heterocycles. The molecule has 0 spiro atoms. The molecular weight excluding hydrogens is 276 g/mol. The number of rotatable bonds is 5. The second-order valence-corrected chi connectivity index (χ2v) is 6.02. The largest absolute Gasteiger partial charge is 0.422 e. The number of hydrogen-bond acceptors (Lipinski definition) is 3. The third-order valence-corrected chi connectivity index (χ3v) is 4.69. The fourth-order valence-electron chi connectivity index (χ4n) is 3.53. The Morgan fingerprint density at radius 3 is 2.50 bits per heavy atom. The fourth-order valence-corrected chi connectivity index (χ4v) is 3.53. The zero-order chi connectivity index (χ0) is 15.5. The Labute approximate surface area is 131 Å². The molecule has 3 rings (SSSR count). The Hall–Kier alpha value is -1.81. The average molecular weight is 301 g/mol. The van der Waals surface area contributed by atoms with Crippen LogP contribution >= 0.6 is 0 Å². The van der Waals surface area contributed by atoms with Crippen LogP contribution < -0.4 is 15.4 Å².